The van der Waals surface area contributed by atoms with E-state index < -0.39 is 0 Å². The van der Waals surface area contributed by atoms with Crippen molar-refractivity contribution in [2.75, 3.05) is 38.7 Å². The quantitative estimate of drug-likeness (QED) is 0.333. The molecule has 2 N–H and O–H groups in total. The summed E-state index contributed by atoms with van der Waals surface area (Å²) in [4.78, 5) is 25.7. The number of aromatic nitrogens is 2. The third-order valence-electron chi connectivity index (χ3n) is 6.02. The van der Waals surface area contributed by atoms with Crippen molar-refractivity contribution in [3.05, 3.63) is 88.9 Å². The second-order valence-electron chi connectivity index (χ2n) is 8.68. The highest BCUT2D eigenvalue weighted by Gasteiger charge is 2.13. The molecule has 0 atom stereocenters. The Morgan fingerprint density at radius 2 is 1.89 bits per heavy atom. The van der Waals surface area contributed by atoms with Crippen LogP contribution in [-0.4, -0.2) is 54.2 Å². The summed E-state index contributed by atoms with van der Waals surface area (Å²) in [5, 5.41) is 6.29. The van der Waals surface area contributed by atoms with Gasteiger partial charge in [-0.1, -0.05) is 24.3 Å². The van der Waals surface area contributed by atoms with E-state index >= 15 is 0 Å². The van der Waals surface area contributed by atoms with E-state index in [0.29, 0.717) is 17.4 Å². The van der Waals surface area contributed by atoms with Crippen LogP contribution in [0.1, 0.15) is 20.8 Å². The summed E-state index contributed by atoms with van der Waals surface area (Å²) in [5.41, 5.74) is 3.90. The first-order chi connectivity index (χ1) is 18.2. The molecule has 190 valence electrons. The molecule has 2 aromatic carbocycles. The van der Waals surface area contributed by atoms with Gasteiger partial charge in [0.05, 0.1) is 35.8 Å². The SMILES string of the molecule is COc1cccc(CNC(=O)c2ccc(-c3ccnc(Nc4cccc(CN5CCOCC5)c4)n3)s2)c1. The van der Waals surface area contributed by atoms with Gasteiger partial charge >= 0.3 is 0 Å². The van der Waals surface area contributed by atoms with Gasteiger partial charge in [-0.15, -0.1) is 11.3 Å². The molecule has 0 bridgehead atoms. The Kier molecular flexibility index (Phi) is 8.05. The van der Waals surface area contributed by atoms with Crippen LogP contribution < -0.4 is 15.4 Å². The molecule has 8 nitrogen and oxygen atoms in total. The van der Waals surface area contributed by atoms with Crippen LogP contribution in [0.4, 0.5) is 11.6 Å². The van der Waals surface area contributed by atoms with Crippen LogP contribution in [0.3, 0.4) is 0 Å². The number of morpholine rings is 1. The number of methoxy groups -OCH3 is 1. The third-order valence-corrected chi connectivity index (χ3v) is 7.12. The zero-order valence-electron chi connectivity index (χ0n) is 20.6. The summed E-state index contributed by atoms with van der Waals surface area (Å²) in [6, 6.07) is 21.5. The van der Waals surface area contributed by atoms with Gasteiger partial charge in [0, 0.05) is 38.1 Å². The van der Waals surface area contributed by atoms with Crippen LogP contribution in [-0.2, 0) is 17.8 Å². The first-order valence-corrected chi connectivity index (χ1v) is 13.0. The lowest BCUT2D eigenvalue weighted by molar-refractivity contribution is 0.0342. The molecule has 0 saturated carbocycles. The number of benzene rings is 2. The van der Waals surface area contributed by atoms with Crippen molar-refractivity contribution in [1.82, 2.24) is 20.2 Å². The number of amides is 1. The van der Waals surface area contributed by atoms with Gasteiger partial charge in [-0.25, -0.2) is 9.97 Å². The summed E-state index contributed by atoms with van der Waals surface area (Å²) in [6.45, 7) is 4.78. The Bertz CT molecular complexity index is 1350. The molecular weight excluding hydrogens is 486 g/mol. The molecule has 5 rings (SSSR count). The topological polar surface area (TPSA) is 88.6 Å². The fraction of sp³-hybridized carbons (Fsp3) is 0.250. The van der Waals surface area contributed by atoms with Gasteiger partial charge < -0.3 is 20.1 Å². The van der Waals surface area contributed by atoms with E-state index in [9.17, 15) is 4.79 Å². The molecular formula is C28H29N5O3S. The van der Waals surface area contributed by atoms with E-state index in [1.807, 2.05) is 54.6 Å². The molecule has 1 aliphatic rings. The largest absolute Gasteiger partial charge is 0.497 e. The van der Waals surface area contributed by atoms with E-state index in [0.717, 1.165) is 60.4 Å². The number of rotatable bonds is 9. The number of ether oxygens (including phenoxy) is 2. The number of carbonyl (C=O) groups is 1. The molecule has 3 heterocycles. The van der Waals surface area contributed by atoms with Crippen molar-refractivity contribution < 1.29 is 14.3 Å². The molecule has 1 aliphatic heterocycles. The zero-order valence-corrected chi connectivity index (χ0v) is 21.5. The van der Waals surface area contributed by atoms with Crippen molar-refractivity contribution in [3.8, 4) is 16.3 Å². The number of nitrogens with zero attached hydrogens (tertiary/aromatic N) is 3. The number of thiophene rings is 1. The van der Waals surface area contributed by atoms with E-state index in [-0.39, 0.29) is 5.91 Å². The van der Waals surface area contributed by atoms with Gasteiger partial charge in [-0.3, -0.25) is 9.69 Å². The maximum atomic E-state index is 12.7. The second-order valence-corrected chi connectivity index (χ2v) is 9.76. The molecule has 0 spiro atoms. The molecule has 9 heteroatoms. The van der Waals surface area contributed by atoms with Crippen LogP contribution in [0.15, 0.2) is 72.9 Å². The van der Waals surface area contributed by atoms with Crippen LogP contribution in [0.5, 0.6) is 5.75 Å². The van der Waals surface area contributed by atoms with Gasteiger partial charge in [0.15, 0.2) is 0 Å². The number of anilines is 2. The summed E-state index contributed by atoms with van der Waals surface area (Å²) >= 11 is 1.40. The Hall–Kier alpha value is -3.79. The molecule has 0 radical (unpaired) electrons. The van der Waals surface area contributed by atoms with Crippen LogP contribution in [0.25, 0.3) is 10.6 Å². The third kappa shape index (κ3) is 6.71. The molecule has 1 fully saturated rings. The Balaban J connectivity index is 1.22. The molecule has 1 saturated heterocycles. The normalized spacial score (nSPS) is 13.8. The number of nitrogens with one attached hydrogen (secondary N) is 2. The van der Waals surface area contributed by atoms with Crippen molar-refractivity contribution in [2.45, 2.75) is 13.1 Å². The Morgan fingerprint density at radius 3 is 2.76 bits per heavy atom. The molecule has 0 aliphatic carbocycles. The van der Waals surface area contributed by atoms with Crippen LogP contribution in [0, 0.1) is 0 Å². The van der Waals surface area contributed by atoms with E-state index in [4.69, 9.17) is 9.47 Å². The summed E-state index contributed by atoms with van der Waals surface area (Å²) in [7, 11) is 1.63. The maximum absolute atomic E-state index is 12.7. The monoisotopic (exact) mass is 515 g/mol. The second kappa shape index (κ2) is 12.0. The Morgan fingerprint density at radius 1 is 1.05 bits per heavy atom. The first kappa shape index (κ1) is 24.9. The van der Waals surface area contributed by atoms with Crippen LogP contribution >= 0.6 is 11.3 Å². The highest BCUT2D eigenvalue weighted by atomic mass is 32.1. The average molecular weight is 516 g/mol. The van der Waals surface area contributed by atoms with E-state index in [2.05, 4.69) is 37.6 Å². The fourth-order valence-corrected chi connectivity index (χ4v) is 4.99. The molecule has 4 aromatic rings. The van der Waals surface area contributed by atoms with Gasteiger partial charge in [-0.05, 0) is 53.6 Å². The van der Waals surface area contributed by atoms with Crippen molar-refractivity contribution >= 4 is 28.9 Å². The lowest BCUT2D eigenvalue weighted by atomic mass is 10.2. The highest BCUT2D eigenvalue weighted by molar-refractivity contribution is 7.17. The number of carbonyl (C=O) groups excluding carboxylic acids is 1. The number of hydrogen-bond acceptors (Lipinski definition) is 8. The first-order valence-electron chi connectivity index (χ1n) is 12.2. The van der Waals surface area contributed by atoms with Gasteiger partial charge in [0.25, 0.3) is 5.91 Å². The minimum atomic E-state index is -0.122. The lowest BCUT2D eigenvalue weighted by Gasteiger charge is -2.26. The lowest BCUT2D eigenvalue weighted by Crippen LogP contribution is -2.35. The molecule has 37 heavy (non-hydrogen) atoms. The molecule has 1 amide bonds. The standard InChI is InChI=1S/C28H29N5O3S/c1-35-23-7-3-4-20(17-23)18-30-27(34)26-9-8-25(37-26)24-10-11-29-28(32-24)31-22-6-2-5-21(16-22)19-33-12-14-36-15-13-33/h2-11,16-17H,12-15,18-19H2,1H3,(H,30,34)(H,29,31,32). The molecule has 0 unspecified atom stereocenters. The zero-order chi connectivity index (χ0) is 25.5. The minimum Gasteiger partial charge on any atom is -0.497 e. The molecule has 2 aromatic heterocycles. The van der Waals surface area contributed by atoms with E-state index in [1.54, 1.807) is 13.3 Å². The average Bonchev–Trinajstić information content (AvgIpc) is 3.44. The Labute approximate surface area is 220 Å². The smallest absolute Gasteiger partial charge is 0.261 e. The van der Waals surface area contributed by atoms with Gasteiger partial charge in [-0.2, -0.15) is 0 Å². The summed E-state index contributed by atoms with van der Waals surface area (Å²) < 4.78 is 10.7. The predicted molar refractivity (Wildman–Crippen MR) is 145 cm³/mol. The summed E-state index contributed by atoms with van der Waals surface area (Å²) in [5.74, 6) is 1.16. The number of hydrogen-bond donors (Lipinski definition) is 2. The van der Waals surface area contributed by atoms with Crippen molar-refractivity contribution in [3.63, 3.8) is 0 Å². The van der Waals surface area contributed by atoms with Gasteiger partial charge in [0.2, 0.25) is 5.95 Å². The highest BCUT2D eigenvalue weighted by Crippen LogP contribution is 2.28. The maximum Gasteiger partial charge on any atom is 0.261 e. The van der Waals surface area contributed by atoms with Crippen molar-refractivity contribution in [2.24, 2.45) is 0 Å². The minimum absolute atomic E-state index is 0.122. The predicted octanol–water partition coefficient (Wildman–Crippen LogP) is 4.72. The van der Waals surface area contributed by atoms with Crippen molar-refractivity contribution in [1.29, 1.82) is 0 Å². The fourth-order valence-electron chi connectivity index (χ4n) is 4.10. The van der Waals surface area contributed by atoms with E-state index in [1.165, 1.54) is 16.9 Å². The van der Waals surface area contributed by atoms with Crippen LogP contribution in [0.2, 0.25) is 0 Å². The summed E-state index contributed by atoms with van der Waals surface area (Å²) in [6.07, 6.45) is 1.73. The van der Waals surface area contributed by atoms with Gasteiger partial charge in [0.1, 0.15) is 5.75 Å².